The Balaban J connectivity index is 3.30. The van der Waals surface area contributed by atoms with E-state index in [1.807, 2.05) is 13.8 Å². The molecular weight excluding hydrogens is 362 g/mol. The summed E-state index contributed by atoms with van der Waals surface area (Å²) in [7, 11) is -10.00. The lowest BCUT2D eigenvalue weighted by atomic mass is 10.0. The van der Waals surface area contributed by atoms with Crippen LogP contribution in [0.5, 0.6) is 5.75 Å². The predicted molar refractivity (Wildman–Crippen MR) is 89.8 cm³/mol. The van der Waals surface area contributed by atoms with Crippen molar-refractivity contribution in [2.24, 2.45) is 0 Å². The van der Waals surface area contributed by atoms with Crippen molar-refractivity contribution in [3.63, 3.8) is 0 Å². The number of phenolic OH excluding ortho intramolecular Hbond substituents is 1. The van der Waals surface area contributed by atoms with Crippen LogP contribution >= 0.6 is 27.0 Å². The van der Waals surface area contributed by atoms with E-state index in [1.54, 1.807) is 0 Å². The molecule has 23 heavy (non-hydrogen) atoms. The maximum Gasteiger partial charge on any atom is 0.351 e. The molecule has 132 valence electrons. The second-order valence-electron chi connectivity index (χ2n) is 5.21. The van der Waals surface area contributed by atoms with E-state index in [-0.39, 0.29) is 5.75 Å². The minimum absolute atomic E-state index is 0.141. The fourth-order valence-electron chi connectivity index (χ4n) is 2.17. The third kappa shape index (κ3) is 5.91. The molecule has 0 aliphatic carbocycles. The van der Waals surface area contributed by atoms with Gasteiger partial charge in [-0.25, -0.2) is 0 Å². The van der Waals surface area contributed by atoms with Gasteiger partial charge in [-0.1, -0.05) is 38.5 Å². The number of aryl methyl sites for hydroxylation is 2. The van der Waals surface area contributed by atoms with E-state index in [0.29, 0.717) is 40.6 Å². The summed E-state index contributed by atoms with van der Waals surface area (Å²) in [6, 6.07) is 3.06. The molecule has 0 saturated heterocycles. The van der Waals surface area contributed by atoms with Crippen molar-refractivity contribution in [3.8, 4) is 5.75 Å². The summed E-state index contributed by atoms with van der Waals surface area (Å²) in [5.41, 5.74) is 1.22. The van der Waals surface area contributed by atoms with E-state index >= 15 is 0 Å². The van der Waals surface area contributed by atoms with Gasteiger partial charge in [-0.15, -0.1) is 0 Å². The summed E-state index contributed by atoms with van der Waals surface area (Å²) in [6.45, 7) is 3.85. The van der Waals surface area contributed by atoms with Gasteiger partial charge in [-0.2, -0.15) is 0 Å². The van der Waals surface area contributed by atoms with Crippen molar-refractivity contribution in [1.29, 1.82) is 0 Å². The predicted octanol–water partition coefficient (Wildman–Crippen LogP) is 3.03. The van der Waals surface area contributed by atoms with E-state index in [0.717, 1.165) is 12.8 Å². The molecule has 1 rings (SSSR count). The van der Waals surface area contributed by atoms with Crippen LogP contribution in [0.2, 0.25) is 0 Å². The summed E-state index contributed by atoms with van der Waals surface area (Å²) in [5, 5.41) is 10.2. The number of phenols is 1. The van der Waals surface area contributed by atoms with Gasteiger partial charge >= 0.3 is 15.2 Å². The molecule has 0 atom stereocenters. The number of hydrogen-bond donors (Lipinski definition) is 5. The Kier molecular flexibility index (Phi) is 7.36. The van der Waals surface area contributed by atoms with Crippen molar-refractivity contribution in [2.75, 3.05) is 0 Å². The lowest BCUT2D eigenvalue weighted by molar-refractivity contribution is 0.352. The van der Waals surface area contributed by atoms with E-state index in [1.165, 1.54) is 12.1 Å². The van der Waals surface area contributed by atoms with Gasteiger partial charge in [-0.3, -0.25) is 9.13 Å². The number of aromatic hydroxyl groups is 1. The molecule has 0 aliphatic rings. The number of rotatable bonds is 8. The van der Waals surface area contributed by atoms with Crippen molar-refractivity contribution >= 4 is 27.0 Å². The van der Waals surface area contributed by atoms with Gasteiger partial charge in [0.05, 0.1) is 0 Å². The van der Waals surface area contributed by atoms with Crippen LogP contribution in [0.15, 0.2) is 17.0 Å². The first-order valence-electron chi connectivity index (χ1n) is 7.12. The molecule has 0 bridgehead atoms. The monoisotopic (exact) mass is 384 g/mol. The molecule has 0 saturated carbocycles. The second kappa shape index (κ2) is 8.17. The number of benzene rings is 1. The maximum absolute atomic E-state index is 11.4. The smallest absolute Gasteiger partial charge is 0.351 e. The average molecular weight is 384 g/mol. The van der Waals surface area contributed by atoms with Crippen molar-refractivity contribution in [3.05, 3.63) is 23.3 Å². The molecule has 5 N–H and O–H groups in total. The van der Waals surface area contributed by atoms with Crippen LogP contribution in [-0.4, -0.2) is 29.4 Å². The molecule has 10 heteroatoms. The normalized spacial score (nSPS) is 12.8. The average Bonchev–Trinajstić information content (AvgIpc) is 2.39. The molecule has 1 aromatic carbocycles. The largest absolute Gasteiger partial charge is 0.507 e. The van der Waals surface area contributed by atoms with E-state index in [4.69, 9.17) is 0 Å². The van der Waals surface area contributed by atoms with E-state index < -0.39 is 19.9 Å². The minimum Gasteiger partial charge on any atom is -0.507 e. The molecule has 0 fully saturated rings. The van der Waals surface area contributed by atoms with Gasteiger partial charge in [-0.05, 0) is 36.1 Å². The Hall–Kier alpha value is -0.330. The standard InChI is InChI=1S/C13H22O7P2S/c1-3-5-9-7-11(8-10(6-4-2)12(9)14)23-13(21(15,16)17)22(18,19)20/h7-8,13-14H,3-6H2,1-2H3,(H2,15,16,17)(H2,18,19,20). The maximum atomic E-state index is 11.4. The molecule has 0 aliphatic heterocycles. The highest BCUT2D eigenvalue weighted by molar-refractivity contribution is 8.12. The zero-order chi connectivity index (χ0) is 17.8. The molecule has 7 nitrogen and oxygen atoms in total. The van der Waals surface area contributed by atoms with Crippen LogP contribution in [0.25, 0.3) is 0 Å². The fraction of sp³-hybridized carbons (Fsp3) is 0.538. The van der Waals surface area contributed by atoms with Crippen LogP contribution in [-0.2, 0) is 22.0 Å². The first-order chi connectivity index (χ1) is 10.5. The van der Waals surface area contributed by atoms with Crippen molar-refractivity contribution < 1.29 is 33.8 Å². The summed E-state index contributed by atoms with van der Waals surface area (Å²) in [5.74, 6) is 0.141. The molecular formula is C13H22O7P2S. The van der Waals surface area contributed by atoms with Gasteiger partial charge in [0.1, 0.15) is 5.75 Å². The summed E-state index contributed by atoms with van der Waals surface area (Å²) in [6.07, 6.45) is 2.64. The van der Waals surface area contributed by atoms with Crippen LogP contribution in [0.1, 0.15) is 37.8 Å². The third-order valence-electron chi connectivity index (χ3n) is 3.10. The molecule has 1 aromatic rings. The second-order valence-corrected chi connectivity index (χ2v) is 10.9. The lowest BCUT2D eigenvalue weighted by Crippen LogP contribution is -2.05. The SMILES string of the molecule is CCCc1cc(SC(P(=O)(O)O)P(=O)(O)O)cc(CCC)c1O. The molecule has 0 unspecified atom stereocenters. The van der Waals surface area contributed by atoms with E-state index in [9.17, 15) is 33.8 Å². The minimum atomic E-state index is -5.00. The zero-order valence-electron chi connectivity index (χ0n) is 12.9. The van der Waals surface area contributed by atoms with Crippen LogP contribution < -0.4 is 0 Å². The Morgan fingerprint density at radius 2 is 1.35 bits per heavy atom. The highest BCUT2D eigenvalue weighted by Crippen LogP contribution is 2.66. The Morgan fingerprint density at radius 3 is 1.65 bits per heavy atom. The van der Waals surface area contributed by atoms with Gasteiger partial charge < -0.3 is 24.7 Å². The first-order valence-corrected chi connectivity index (χ1v) is 11.4. The Labute approximate surface area is 139 Å². The quantitative estimate of drug-likeness (QED) is 0.341. The topological polar surface area (TPSA) is 135 Å². The van der Waals surface area contributed by atoms with Crippen LogP contribution in [0, 0.1) is 0 Å². The summed E-state index contributed by atoms with van der Waals surface area (Å²) < 4.78 is 20.7. The van der Waals surface area contributed by atoms with Gasteiger partial charge in [0, 0.05) is 4.90 Å². The summed E-state index contributed by atoms with van der Waals surface area (Å²) >= 11 is 0.454. The van der Waals surface area contributed by atoms with Gasteiger partial charge in [0.2, 0.25) is 4.73 Å². The molecule has 0 spiro atoms. The fourth-order valence-corrected chi connectivity index (χ4v) is 6.23. The zero-order valence-corrected chi connectivity index (χ0v) is 15.5. The molecule has 0 amide bonds. The Morgan fingerprint density at radius 1 is 0.957 bits per heavy atom. The molecule has 0 radical (unpaired) electrons. The number of thioether (sulfide) groups is 1. The third-order valence-corrected chi connectivity index (χ3v) is 9.05. The number of hydrogen-bond acceptors (Lipinski definition) is 4. The molecule has 0 aromatic heterocycles. The van der Waals surface area contributed by atoms with Crippen molar-refractivity contribution in [2.45, 2.75) is 49.2 Å². The van der Waals surface area contributed by atoms with Gasteiger partial charge in [0.15, 0.2) is 0 Å². The van der Waals surface area contributed by atoms with Crippen LogP contribution in [0.3, 0.4) is 0 Å². The lowest BCUT2D eigenvalue weighted by Gasteiger charge is -2.20. The van der Waals surface area contributed by atoms with Crippen molar-refractivity contribution in [1.82, 2.24) is 0 Å². The first kappa shape index (κ1) is 20.7. The van der Waals surface area contributed by atoms with Gasteiger partial charge in [0.25, 0.3) is 0 Å². The highest BCUT2D eigenvalue weighted by Gasteiger charge is 2.44. The van der Waals surface area contributed by atoms with E-state index in [2.05, 4.69) is 0 Å². The Bertz CT molecular complexity index is 588. The summed E-state index contributed by atoms with van der Waals surface area (Å²) in [4.78, 5) is 37.2. The molecule has 0 heterocycles. The van der Waals surface area contributed by atoms with Crippen LogP contribution in [0.4, 0.5) is 0 Å². The highest BCUT2D eigenvalue weighted by atomic mass is 32.2.